The summed E-state index contributed by atoms with van der Waals surface area (Å²) in [6, 6.07) is 12.5. The summed E-state index contributed by atoms with van der Waals surface area (Å²) in [6.07, 6.45) is 0.620. The molecule has 3 rings (SSSR count). The highest BCUT2D eigenvalue weighted by Gasteiger charge is 2.26. The second-order valence-electron chi connectivity index (χ2n) is 4.96. The van der Waals surface area contributed by atoms with Crippen LogP contribution in [-0.4, -0.2) is 12.5 Å². The first kappa shape index (κ1) is 14.2. The first-order valence-electron chi connectivity index (χ1n) is 6.59. The van der Waals surface area contributed by atoms with Gasteiger partial charge in [-0.2, -0.15) is 0 Å². The van der Waals surface area contributed by atoms with Gasteiger partial charge >= 0.3 is 0 Å². The average molecular weight is 322 g/mol. The predicted molar refractivity (Wildman–Crippen MR) is 84.2 cm³/mol. The van der Waals surface area contributed by atoms with Crippen LogP contribution in [0.15, 0.2) is 42.5 Å². The van der Waals surface area contributed by atoms with Crippen molar-refractivity contribution < 1.29 is 9.53 Å². The number of hydrogen-bond acceptors (Lipinski definition) is 2. The Kier molecular flexibility index (Phi) is 4.04. The molecule has 1 aliphatic heterocycles. The predicted octanol–water partition coefficient (Wildman–Crippen LogP) is 4.18. The fraction of sp³-hybridized carbons (Fsp3) is 0.188. The molecule has 0 aromatic heterocycles. The zero-order valence-corrected chi connectivity index (χ0v) is 12.6. The fourth-order valence-electron chi connectivity index (χ4n) is 2.31. The van der Waals surface area contributed by atoms with E-state index in [9.17, 15) is 4.79 Å². The first-order valence-corrected chi connectivity index (χ1v) is 7.35. The molecule has 1 atom stereocenters. The molecule has 21 heavy (non-hydrogen) atoms. The van der Waals surface area contributed by atoms with Crippen molar-refractivity contribution in [1.82, 2.24) is 0 Å². The van der Waals surface area contributed by atoms with Gasteiger partial charge in [0.25, 0.3) is 0 Å². The molecule has 2 aromatic rings. The number of rotatable bonds is 2. The van der Waals surface area contributed by atoms with Gasteiger partial charge in [-0.25, -0.2) is 0 Å². The topological polar surface area (TPSA) is 38.3 Å². The summed E-state index contributed by atoms with van der Waals surface area (Å²) >= 11 is 11.8. The summed E-state index contributed by atoms with van der Waals surface area (Å²) in [4.78, 5) is 12.3. The molecule has 0 unspecified atom stereocenters. The van der Waals surface area contributed by atoms with Crippen LogP contribution in [0.1, 0.15) is 5.56 Å². The van der Waals surface area contributed by atoms with Crippen molar-refractivity contribution in [2.45, 2.75) is 6.42 Å². The molecular formula is C16H13Cl2NO2. The third kappa shape index (κ3) is 3.31. The van der Waals surface area contributed by atoms with Crippen LogP contribution in [-0.2, 0) is 11.2 Å². The zero-order chi connectivity index (χ0) is 14.8. The molecule has 0 bridgehead atoms. The molecule has 0 saturated heterocycles. The number of fused-ring (bicyclic) bond motifs is 1. The van der Waals surface area contributed by atoms with Crippen LogP contribution in [0.4, 0.5) is 5.69 Å². The number of hydrogen-bond donors (Lipinski definition) is 1. The molecule has 0 saturated carbocycles. The van der Waals surface area contributed by atoms with Gasteiger partial charge in [0, 0.05) is 15.7 Å². The van der Waals surface area contributed by atoms with Crippen LogP contribution in [0.3, 0.4) is 0 Å². The number of carbonyl (C=O) groups excluding carboxylic acids is 1. The number of halogens is 2. The summed E-state index contributed by atoms with van der Waals surface area (Å²) in [5.41, 5.74) is 1.69. The van der Waals surface area contributed by atoms with Gasteiger partial charge in [0.05, 0.1) is 5.92 Å². The highest BCUT2D eigenvalue weighted by Crippen LogP contribution is 2.30. The Labute approximate surface area is 132 Å². The number of anilines is 1. The second kappa shape index (κ2) is 5.96. The van der Waals surface area contributed by atoms with Crippen LogP contribution in [0, 0.1) is 5.92 Å². The normalized spacial score (nSPS) is 16.8. The van der Waals surface area contributed by atoms with Crippen LogP contribution < -0.4 is 10.1 Å². The van der Waals surface area contributed by atoms with Crippen molar-refractivity contribution in [3.8, 4) is 5.75 Å². The van der Waals surface area contributed by atoms with E-state index in [2.05, 4.69) is 5.32 Å². The Balaban J connectivity index is 1.70. The zero-order valence-electron chi connectivity index (χ0n) is 11.1. The number of amides is 1. The van der Waals surface area contributed by atoms with E-state index in [4.69, 9.17) is 27.9 Å². The van der Waals surface area contributed by atoms with E-state index in [1.165, 1.54) is 0 Å². The van der Waals surface area contributed by atoms with E-state index in [1.54, 1.807) is 30.3 Å². The molecule has 0 fully saturated rings. The maximum atomic E-state index is 12.3. The van der Waals surface area contributed by atoms with E-state index in [-0.39, 0.29) is 11.8 Å². The van der Waals surface area contributed by atoms with Gasteiger partial charge in [-0.05, 0) is 54.4 Å². The van der Waals surface area contributed by atoms with E-state index in [0.717, 1.165) is 17.0 Å². The number of carbonyl (C=O) groups is 1. The Morgan fingerprint density at radius 1 is 1.10 bits per heavy atom. The van der Waals surface area contributed by atoms with Crippen molar-refractivity contribution in [3.63, 3.8) is 0 Å². The SMILES string of the molecule is O=C(Nc1ccc(Cl)cc1)[C@H]1COc2ccc(Cl)cc2C1. The van der Waals surface area contributed by atoms with Crippen molar-refractivity contribution in [1.29, 1.82) is 0 Å². The van der Waals surface area contributed by atoms with Gasteiger partial charge < -0.3 is 10.1 Å². The number of ether oxygens (including phenoxy) is 1. The second-order valence-corrected chi connectivity index (χ2v) is 5.83. The van der Waals surface area contributed by atoms with Crippen LogP contribution in [0.5, 0.6) is 5.75 Å². The van der Waals surface area contributed by atoms with Gasteiger partial charge in [-0.1, -0.05) is 23.2 Å². The standard InChI is InChI=1S/C16H13Cl2NO2/c17-12-1-4-14(5-2-12)19-16(20)11-7-10-8-13(18)3-6-15(10)21-9-11/h1-6,8,11H,7,9H2,(H,19,20)/t11-/m1/s1. The minimum atomic E-state index is -0.230. The van der Waals surface area contributed by atoms with Gasteiger partial charge in [0.2, 0.25) is 5.91 Å². The minimum Gasteiger partial charge on any atom is -0.492 e. The lowest BCUT2D eigenvalue weighted by atomic mass is 9.96. The lowest BCUT2D eigenvalue weighted by Gasteiger charge is -2.24. The van der Waals surface area contributed by atoms with E-state index in [1.807, 2.05) is 12.1 Å². The summed E-state index contributed by atoms with van der Waals surface area (Å²) in [7, 11) is 0. The van der Waals surface area contributed by atoms with Crippen molar-refractivity contribution in [2.75, 3.05) is 11.9 Å². The third-order valence-corrected chi connectivity index (χ3v) is 3.90. The summed E-state index contributed by atoms with van der Waals surface area (Å²) < 4.78 is 5.63. The summed E-state index contributed by atoms with van der Waals surface area (Å²) in [5.74, 6) is 0.504. The van der Waals surface area contributed by atoms with E-state index in [0.29, 0.717) is 23.1 Å². The van der Waals surface area contributed by atoms with Crippen LogP contribution in [0.2, 0.25) is 10.0 Å². The number of nitrogens with one attached hydrogen (secondary N) is 1. The molecule has 1 amide bonds. The Hall–Kier alpha value is -1.71. The summed E-state index contributed by atoms with van der Waals surface area (Å²) in [5, 5.41) is 4.16. The first-order chi connectivity index (χ1) is 10.1. The largest absolute Gasteiger partial charge is 0.492 e. The van der Waals surface area contributed by atoms with Gasteiger partial charge in [0.15, 0.2) is 0 Å². The van der Waals surface area contributed by atoms with Gasteiger partial charge in [-0.15, -0.1) is 0 Å². The minimum absolute atomic E-state index is 0.0667. The fourth-order valence-corrected chi connectivity index (χ4v) is 2.63. The molecular weight excluding hydrogens is 309 g/mol. The Morgan fingerprint density at radius 3 is 2.57 bits per heavy atom. The lowest BCUT2D eigenvalue weighted by molar-refractivity contribution is -0.121. The molecule has 5 heteroatoms. The van der Waals surface area contributed by atoms with Crippen molar-refractivity contribution >= 4 is 34.8 Å². The quantitative estimate of drug-likeness (QED) is 0.900. The molecule has 0 radical (unpaired) electrons. The molecule has 0 spiro atoms. The highest BCUT2D eigenvalue weighted by atomic mass is 35.5. The van der Waals surface area contributed by atoms with Gasteiger partial charge in [-0.3, -0.25) is 4.79 Å². The molecule has 1 heterocycles. The summed E-state index contributed by atoms with van der Waals surface area (Å²) in [6.45, 7) is 0.369. The molecule has 108 valence electrons. The maximum absolute atomic E-state index is 12.3. The molecule has 0 aliphatic carbocycles. The van der Waals surface area contributed by atoms with E-state index < -0.39 is 0 Å². The highest BCUT2D eigenvalue weighted by molar-refractivity contribution is 6.31. The molecule has 3 nitrogen and oxygen atoms in total. The lowest BCUT2D eigenvalue weighted by Crippen LogP contribution is -2.32. The van der Waals surface area contributed by atoms with Crippen molar-refractivity contribution in [2.24, 2.45) is 5.92 Å². The van der Waals surface area contributed by atoms with E-state index >= 15 is 0 Å². The average Bonchev–Trinajstić information content (AvgIpc) is 2.48. The number of benzene rings is 2. The third-order valence-electron chi connectivity index (χ3n) is 3.41. The van der Waals surface area contributed by atoms with Crippen molar-refractivity contribution in [3.05, 3.63) is 58.1 Å². The smallest absolute Gasteiger partial charge is 0.231 e. The van der Waals surface area contributed by atoms with Gasteiger partial charge in [0.1, 0.15) is 12.4 Å². The Morgan fingerprint density at radius 2 is 1.81 bits per heavy atom. The molecule has 1 N–H and O–H groups in total. The molecule has 2 aromatic carbocycles. The molecule has 1 aliphatic rings. The Bertz CT molecular complexity index is 670. The maximum Gasteiger partial charge on any atom is 0.231 e. The van der Waals surface area contributed by atoms with Crippen LogP contribution in [0.25, 0.3) is 0 Å². The monoisotopic (exact) mass is 321 g/mol. The van der Waals surface area contributed by atoms with Crippen LogP contribution >= 0.6 is 23.2 Å².